The first-order valence-corrected chi connectivity index (χ1v) is 7.77. The zero-order chi connectivity index (χ0) is 14.6. The summed E-state index contributed by atoms with van der Waals surface area (Å²) in [7, 11) is 2.00. The van der Waals surface area contributed by atoms with Gasteiger partial charge in [-0.15, -0.1) is 0 Å². The molecule has 3 heteroatoms. The minimum absolute atomic E-state index is 0.0902. The standard InChI is InChI=1S/C17H27FN2/c1-4-17(2,20-11-7-8-12-20)16(19-3)13-14-9-5-6-10-15(14)18/h5-6,9-10,16,19H,4,7-8,11-13H2,1-3H3. The van der Waals surface area contributed by atoms with E-state index in [9.17, 15) is 4.39 Å². The summed E-state index contributed by atoms with van der Waals surface area (Å²) in [4.78, 5) is 2.58. The minimum Gasteiger partial charge on any atom is -0.315 e. The molecule has 2 rings (SSSR count). The third kappa shape index (κ3) is 3.04. The van der Waals surface area contributed by atoms with Crippen molar-refractivity contribution in [1.82, 2.24) is 10.2 Å². The van der Waals surface area contributed by atoms with E-state index < -0.39 is 0 Å². The average Bonchev–Trinajstić information content (AvgIpc) is 3.00. The smallest absolute Gasteiger partial charge is 0.126 e. The summed E-state index contributed by atoms with van der Waals surface area (Å²) in [6, 6.07) is 7.40. The maximum absolute atomic E-state index is 13.9. The highest BCUT2D eigenvalue weighted by atomic mass is 19.1. The topological polar surface area (TPSA) is 15.3 Å². The third-order valence-electron chi connectivity index (χ3n) is 5.03. The molecule has 0 spiro atoms. The highest BCUT2D eigenvalue weighted by molar-refractivity contribution is 5.20. The number of benzene rings is 1. The molecule has 2 atom stereocenters. The Balaban J connectivity index is 2.19. The van der Waals surface area contributed by atoms with Gasteiger partial charge in [0.05, 0.1) is 0 Å². The normalized spacial score (nSPS) is 20.8. The highest BCUT2D eigenvalue weighted by Crippen LogP contribution is 2.30. The number of nitrogens with one attached hydrogen (secondary N) is 1. The van der Waals surface area contributed by atoms with Gasteiger partial charge in [0.25, 0.3) is 0 Å². The number of rotatable bonds is 6. The first-order chi connectivity index (χ1) is 9.61. The molecular formula is C17H27FN2. The molecule has 2 nitrogen and oxygen atoms in total. The van der Waals surface area contributed by atoms with Crippen molar-refractivity contribution >= 4 is 0 Å². The Bertz CT molecular complexity index is 429. The monoisotopic (exact) mass is 278 g/mol. The first-order valence-electron chi connectivity index (χ1n) is 7.77. The Morgan fingerprint density at radius 1 is 1.30 bits per heavy atom. The molecule has 1 heterocycles. The molecule has 0 amide bonds. The van der Waals surface area contributed by atoms with Crippen molar-refractivity contribution in [3.63, 3.8) is 0 Å². The van der Waals surface area contributed by atoms with E-state index in [0.29, 0.717) is 0 Å². The van der Waals surface area contributed by atoms with Crippen molar-refractivity contribution < 1.29 is 4.39 Å². The maximum atomic E-state index is 13.9. The maximum Gasteiger partial charge on any atom is 0.126 e. The van der Waals surface area contributed by atoms with E-state index in [-0.39, 0.29) is 17.4 Å². The van der Waals surface area contributed by atoms with Crippen LogP contribution in [0.4, 0.5) is 4.39 Å². The van der Waals surface area contributed by atoms with Crippen LogP contribution in [-0.2, 0) is 6.42 Å². The Morgan fingerprint density at radius 2 is 1.95 bits per heavy atom. The Labute approximate surface area is 122 Å². The van der Waals surface area contributed by atoms with Crippen LogP contribution in [0.1, 0.15) is 38.7 Å². The molecule has 0 aromatic heterocycles. The van der Waals surface area contributed by atoms with Gasteiger partial charge in [-0.2, -0.15) is 0 Å². The number of likely N-dealkylation sites (tertiary alicyclic amines) is 1. The summed E-state index contributed by atoms with van der Waals surface area (Å²) in [5.74, 6) is -0.0902. The largest absolute Gasteiger partial charge is 0.315 e. The van der Waals surface area contributed by atoms with E-state index in [1.807, 2.05) is 19.2 Å². The van der Waals surface area contributed by atoms with Crippen molar-refractivity contribution in [2.45, 2.75) is 51.1 Å². The SMILES string of the molecule is CCC(C)(C(Cc1ccccc1F)NC)N1CCCC1. The molecule has 0 bridgehead atoms. The number of hydrogen-bond acceptors (Lipinski definition) is 2. The molecular weight excluding hydrogens is 251 g/mol. The van der Waals surface area contributed by atoms with Crippen LogP contribution < -0.4 is 5.32 Å². The fourth-order valence-corrected chi connectivity index (χ4v) is 3.44. The van der Waals surface area contributed by atoms with Crippen molar-refractivity contribution in [3.05, 3.63) is 35.6 Å². The molecule has 1 aromatic carbocycles. The molecule has 0 aliphatic carbocycles. The highest BCUT2D eigenvalue weighted by Gasteiger charge is 2.38. The minimum atomic E-state index is -0.0902. The lowest BCUT2D eigenvalue weighted by molar-refractivity contribution is 0.0870. The van der Waals surface area contributed by atoms with Crippen LogP contribution in [0.25, 0.3) is 0 Å². The van der Waals surface area contributed by atoms with Gasteiger partial charge in [-0.25, -0.2) is 4.39 Å². The van der Waals surface area contributed by atoms with Gasteiger partial charge in [-0.1, -0.05) is 25.1 Å². The zero-order valence-electron chi connectivity index (χ0n) is 13.0. The second-order valence-electron chi connectivity index (χ2n) is 6.04. The Kier molecular flexibility index (Phi) is 5.17. The van der Waals surface area contributed by atoms with Gasteiger partial charge in [0, 0.05) is 11.6 Å². The van der Waals surface area contributed by atoms with Crippen molar-refractivity contribution in [3.8, 4) is 0 Å². The lowest BCUT2D eigenvalue weighted by atomic mass is 9.83. The van der Waals surface area contributed by atoms with Crippen LogP contribution in [0.3, 0.4) is 0 Å². The summed E-state index contributed by atoms with van der Waals surface area (Å²) in [6.07, 6.45) is 4.38. The van der Waals surface area contributed by atoms with Gasteiger partial charge in [0.2, 0.25) is 0 Å². The van der Waals surface area contributed by atoms with E-state index >= 15 is 0 Å². The summed E-state index contributed by atoms with van der Waals surface area (Å²) < 4.78 is 13.9. The van der Waals surface area contributed by atoms with Gasteiger partial charge in [-0.05, 0) is 64.4 Å². The third-order valence-corrected chi connectivity index (χ3v) is 5.03. The van der Waals surface area contributed by atoms with Gasteiger partial charge < -0.3 is 5.32 Å². The molecule has 1 saturated heterocycles. The van der Waals surface area contributed by atoms with Crippen LogP contribution >= 0.6 is 0 Å². The Hall–Kier alpha value is -0.930. The van der Waals surface area contributed by atoms with Crippen LogP contribution in [-0.4, -0.2) is 36.6 Å². The molecule has 1 fully saturated rings. The van der Waals surface area contributed by atoms with Gasteiger partial charge in [0.1, 0.15) is 5.82 Å². The van der Waals surface area contributed by atoms with Crippen LogP contribution in [0.2, 0.25) is 0 Å². The van der Waals surface area contributed by atoms with E-state index in [2.05, 4.69) is 24.1 Å². The lowest BCUT2D eigenvalue weighted by Crippen LogP contribution is -2.58. The van der Waals surface area contributed by atoms with E-state index in [4.69, 9.17) is 0 Å². The first kappa shape index (κ1) is 15.5. The molecule has 20 heavy (non-hydrogen) atoms. The number of hydrogen-bond donors (Lipinski definition) is 1. The molecule has 1 aliphatic heterocycles. The van der Waals surface area contributed by atoms with Crippen molar-refractivity contribution in [2.24, 2.45) is 0 Å². The molecule has 2 unspecified atom stereocenters. The molecule has 1 aromatic rings. The number of likely N-dealkylation sites (N-methyl/N-ethyl adjacent to an activating group) is 1. The predicted octanol–water partition coefficient (Wildman–Crippen LogP) is 3.22. The van der Waals surface area contributed by atoms with Gasteiger partial charge in [0.15, 0.2) is 0 Å². The van der Waals surface area contributed by atoms with E-state index in [1.54, 1.807) is 12.1 Å². The predicted molar refractivity (Wildman–Crippen MR) is 82.5 cm³/mol. The molecule has 1 aliphatic rings. The summed E-state index contributed by atoms with van der Waals surface area (Å²) in [6.45, 7) is 6.89. The molecule has 112 valence electrons. The van der Waals surface area contributed by atoms with Crippen LogP contribution in [0.5, 0.6) is 0 Å². The Morgan fingerprint density at radius 3 is 2.50 bits per heavy atom. The number of nitrogens with zero attached hydrogens (tertiary/aromatic N) is 1. The fourth-order valence-electron chi connectivity index (χ4n) is 3.44. The van der Waals surface area contributed by atoms with Crippen molar-refractivity contribution in [1.29, 1.82) is 0 Å². The van der Waals surface area contributed by atoms with Gasteiger partial charge in [-0.3, -0.25) is 4.90 Å². The summed E-state index contributed by atoms with van der Waals surface area (Å²) in [5.41, 5.74) is 0.902. The molecule has 0 saturated carbocycles. The van der Waals surface area contributed by atoms with E-state index in [1.165, 1.54) is 25.9 Å². The lowest BCUT2D eigenvalue weighted by Gasteiger charge is -2.44. The van der Waals surface area contributed by atoms with Gasteiger partial charge >= 0.3 is 0 Å². The summed E-state index contributed by atoms with van der Waals surface area (Å²) in [5, 5.41) is 3.44. The second kappa shape index (κ2) is 6.68. The van der Waals surface area contributed by atoms with E-state index in [0.717, 1.165) is 18.4 Å². The number of halogens is 1. The van der Waals surface area contributed by atoms with Crippen LogP contribution in [0, 0.1) is 5.82 Å². The quantitative estimate of drug-likeness (QED) is 0.859. The van der Waals surface area contributed by atoms with Crippen molar-refractivity contribution in [2.75, 3.05) is 20.1 Å². The average molecular weight is 278 g/mol. The zero-order valence-corrected chi connectivity index (χ0v) is 13.0. The fraction of sp³-hybridized carbons (Fsp3) is 0.647. The molecule has 1 N–H and O–H groups in total. The summed E-state index contributed by atoms with van der Waals surface area (Å²) >= 11 is 0. The second-order valence-corrected chi connectivity index (χ2v) is 6.04. The molecule has 0 radical (unpaired) electrons. The van der Waals surface area contributed by atoms with Crippen LogP contribution in [0.15, 0.2) is 24.3 Å².